The van der Waals surface area contributed by atoms with Crippen LogP contribution in [0.1, 0.15) is 17.2 Å². The number of benzene rings is 3. The molecule has 2 aliphatic rings. The maximum atomic E-state index is 13.4. The number of nitro benzene ring substituents is 1. The van der Waals surface area contributed by atoms with Crippen molar-refractivity contribution >= 4 is 23.2 Å². The van der Waals surface area contributed by atoms with Gasteiger partial charge >= 0.3 is 0 Å². The molecular formula is C24H19N3O5. The second-order valence-electron chi connectivity index (χ2n) is 7.76. The predicted octanol–water partition coefficient (Wildman–Crippen LogP) is 3.64. The van der Waals surface area contributed by atoms with Crippen LogP contribution < -0.4 is 5.06 Å². The van der Waals surface area contributed by atoms with E-state index in [9.17, 15) is 19.7 Å². The van der Waals surface area contributed by atoms with Gasteiger partial charge in [-0.25, -0.2) is 5.06 Å². The summed E-state index contributed by atoms with van der Waals surface area (Å²) in [7, 11) is 0. The molecule has 2 saturated heterocycles. The van der Waals surface area contributed by atoms with Gasteiger partial charge < -0.3 is 0 Å². The molecule has 0 spiro atoms. The molecule has 0 N–H and O–H groups in total. The lowest BCUT2D eigenvalue weighted by Crippen LogP contribution is -2.36. The minimum Gasteiger partial charge on any atom is -0.275 e. The SMILES string of the molecule is O=C1[C@H]2[C@H](ON(c3cccc([N+](=O)[O-])c3)[C@H]2c2ccccc2)C(=O)N1Cc1ccccc1. The van der Waals surface area contributed by atoms with Gasteiger partial charge in [-0.2, -0.15) is 0 Å². The van der Waals surface area contributed by atoms with Crippen LogP contribution in [0, 0.1) is 16.0 Å². The maximum absolute atomic E-state index is 13.4. The first-order valence-electron chi connectivity index (χ1n) is 10.2. The predicted molar refractivity (Wildman–Crippen MR) is 115 cm³/mol. The minimum absolute atomic E-state index is 0.0988. The summed E-state index contributed by atoms with van der Waals surface area (Å²) in [6.07, 6.45) is -0.990. The Hall–Kier alpha value is -4.04. The second kappa shape index (κ2) is 7.90. The van der Waals surface area contributed by atoms with Crippen molar-refractivity contribution in [3.63, 3.8) is 0 Å². The fourth-order valence-electron chi connectivity index (χ4n) is 4.35. The van der Waals surface area contributed by atoms with Crippen LogP contribution in [0.15, 0.2) is 84.9 Å². The van der Waals surface area contributed by atoms with Gasteiger partial charge in [0.05, 0.1) is 23.2 Å². The molecule has 3 atom stereocenters. The van der Waals surface area contributed by atoms with Gasteiger partial charge in [0.2, 0.25) is 5.91 Å². The lowest BCUT2D eigenvalue weighted by molar-refractivity contribution is -0.384. The Morgan fingerprint density at radius 1 is 0.875 bits per heavy atom. The van der Waals surface area contributed by atoms with E-state index < -0.39 is 28.9 Å². The number of non-ortho nitro benzene ring substituents is 1. The molecular weight excluding hydrogens is 410 g/mol. The lowest BCUT2D eigenvalue weighted by Gasteiger charge is -2.28. The third-order valence-electron chi connectivity index (χ3n) is 5.83. The van der Waals surface area contributed by atoms with Crippen molar-refractivity contribution in [2.24, 2.45) is 5.92 Å². The van der Waals surface area contributed by atoms with Crippen LogP contribution in [0.2, 0.25) is 0 Å². The first-order chi connectivity index (χ1) is 15.5. The topological polar surface area (TPSA) is 93.0 Å². The quantitative estimate of drug-likeness (QED) is 0.349. The van der Waals surface area contributed by atoms with Crippen molar-refractivity contribution in [2.45, 2.75) is 18.7 Å². The van der Waals surface area contributed by atoms with E-state index in [0.29, 0.717) is 5.69 Å². The maximum Gasteiger partial charge on any atom is 0.271 e. The highest BCUT2D eigenvalue weighted by molar-refractivity contribution is 6.07. The number of nitrogens with zero attached hydrogens (tertiary/aromatic N) is 3. The zero-order chi connectivity index (χ0) is 22.2. The van der Waals surface area contributed by atoms with Crippen LogP contribution in [0.5, 0.6) is 0 Å². The number of hydrogen-bond acceptors (Lipinski definition) is 6. The van der Waals surface area contributed by atoms with Crippen molar-refractivity contribution in [2.75, 3.05) is 5.06 Å². The molecule has 0 aliphatic carbocycles. The first-order valence-corrected chi connectivity index (χ1v) is 10.2. The molecule has 5 rings (SSSR count). The molecule has 32 heavy (non-hydrogen) atoms. The van der Waals surface area contributed by atoms with Gasteiger partial charge in [-0.1, -0.05) is 66.7 Å². The molecule has 0 radical (unpaired) electrons. The average molecular weight is 429 g/mol. The van der Waals surface area contributed by atoms with Crippen LogP contribution in [0.3, 0.4) is 0 Å². The Bertz CT molecular complexity index is 1180. The number of imide groups is 1. The molecule has 2 heterocycles. The molecule has 3 aromatic rings. The number of likely N-dealkylation sites (tertiary alicyclic amines) is 1. The average Bonchev–Trinajstić information content (AvgIpc) is 3.32. The number of anilines is 1. The summed E-state index contributed by atoms with van der Waals surface area (Å²) in [4.78, 5) is 44.6. The molecule has 160 valence electrons. The van der Waals surface area contributed by atoms with E-state index in [1.165, 1.54) is 22.1 Å². The van der Waals surface area contributed by atoms with E-state index in [-0.39, 0.29) is 18.1 Å². The Morgan fingerprint density at radius 2 is 1.56 bits per heavy atom. The summed E-state index contributed by atoms with van der Waals surface area (Å²) in [5, 5.41) is 12.7. The molecule has 2 amide bonds. The molecule has 3 aromatic carbocycles. The third kappa shape index (κ3) is 3.30. The number of fused-ring (bicyclic) bond motifs is 1. The molecule has 8 heteroatoms. The van der Waals surface area contributed by atoms with E-state index in [0.717, 1.165) is 11.1 Å². The van der Waals surface area contributed by atoms with Gasteiger partial charge in [0.1, 0.15) is 5.92 Å². The number of rotatable bonds is 5. The largest absolute Gasteiger partial charge is 0.275 e. The molecule has 0 aromatic heterocycles. The van der Waals surface area contributed by atoms with E-state index in [2.05, 4.69) is 0 Å². The van der Waals surface area contributed by atoms with Gasteiger partial charge in [0.25, 0.3) is 11.6 Å². The highest BCUT2D eigenvalue weighted by atomic mass is 16.7. The molecule has 0 unspecified atom stereocenters. The molecule has 8 nitrogen and oxygen atoms in total. The molecule has 0 bridgehead atoms. The van der Waals surface area contributed by atoms with Gasteiger partial charge in [0, 0.05) is 12.1 Å². The molecule has 0 saturated carbocycles. The van der Waals surface area contributed by atoms with Crippen molar-refractivity contribution in [1.29, 1.82) is 0 Å². The van der Waals surface area contributed by atoms with E-state index in [4.69, 9.17) is 4.84 Å². The van der Waals surface area contributed by atoms with Crippen molar-refractivity contribution in [3.8, 4) is 0 Å². The minimum atomic E-state index is -0.990. The lowest BCUT2D eigenvalue weighted by atomic mass is 9.90. The van der Waals surface area contributed by atoms with Crippen LogP contribution >= 0.6 is 0 Å². The summed E-state index contributed by atoms with van der Waals surface area (Å²) in [5.74, 6) is -1.48. The first kappa shape index (κ1) is 19.9. The number of carbonyl (C=O) groups is 2. The Morgan fingerprint density at radius 3 is 2.25 bits per heavy atom. The third-order valence-corrected chi connectivity index (χ3v) is 5.83. The summed E-state index contributed by atoms with van der Waals surface area (Å²) < 4.78 is 0. The van der Waals surface area contributed by atoms with Crippen LogP contribution in [0.25, 0.3) is 0 Å². The van der Waals surface area contributed by atoms with Crippen LogP contribution in [-0.4, -0.2) is 27.7 Å². The van der Waals surface area contributed by atoms with Crippen LogP contribution in [0.4, 0.5) is 11.4 Å². The zero-order valence-corrected chi connectivity index (χ0v) is 16.9. The normalized spacial score (nSPS) is 22.3. The van der Waals surface area contributed by atoms with Gasteiger partial charge in [-0.3, -0.25) is 29.4 Å². The number of amides is 2. The molecule has 2 aliphatic heterocycles. The Labute approximate surface area is 183 Å². The monoisotopic (exact) mass is 429 g/mol. The summed E-state index contributed by atoms with van der Waals surface area (Å²) in [6, 6.07) is 24.0. The Kier molecular flexibility index (Phi) is 4.91. The highest BCUT2D eigenvalue weighted by Gasteiger charge is 2.59. The number of nitro groups is 1. The van der Waals surface area contributed by atoms with E-state index >= 15 is 0 Å². The van der Waals surface area contributed by atoms with E-state index in [1.54, 1.807) is 12.1 Å². The zero-order valence-electron chi connectivity index (χ0n) is 16.9. The van der Waals surface area contributed by atoms with E-state index in [1.807, 2.05) is 60.7 Å². The summed E-state index contributed by atoms with van der Waals surface area (Å²) >= 11 is 0. The van der Waals surface area contributed by atoms with Gasteiger partial charge in [-0.15, -0.1) is 0 Å². The standard InChI is InChI=1S/C24H19N3O5/c28-23-20-21(17-10-5-2-6-11-17)26(18-12-7-13-19(14-18)27(30)31)32-22(20)24(29)25(23)15-16-8-3-1-4-9-16/h1-14,20-22H,15H2/t20-,21+,22+/m1/s1. The van der Waals surface area contributed by atoms with Crippen molar-refractivity contribution in [1.82, 2.24) is 4.90 Å². The number of carbonyl (C=O) groups excluding carboxylic acids is 2. The summed E-state index contributed by atoms with van der Waals surface area (Å²) in [6.45, 7) is 0.174. The summed E-state index contributed by atoms with van der Waals surface area (Å²) in [5.41, 5.74) is 1.95. The highest BCUT2D eigenvalue weighted by Crippen LogP contribution is 2.47. The molecule has 2 fully saturated rings. The van der Waals surface area contributed by atoms with Crippen molar-refractivity contribution in [3.05, 3.63) is 106 Å². The smallest absolute Gasteiger partial charge is 0.271 e. The van der Waals surface area contributed by atoms with Crippen molar-refractivity contribution < 1.29 is 19.3 Å². The fourth-order valence-corrected chi connectivity index (χ4v) is 4.35. The second-order valence-corrected chi connectivity index (χ2v) is 7.76. The number of hydroxylamine groups is 1. The van der Waals surface area contributed by atoms with Gasteiger partial charge in [0.15, 0.2) is 6.10 Å². The fraction of sp³-hybridized carbons (Fsp3) is 0.167. The van der Waals surface area contributed by atoms with Crippen LogP contribution in [-0.2, 0) is 21.0 Å². The van der Waals surface area contributed by atoms with Gasteiger partial charge in [-0.05, 0) is 17.2 Å². The number of hydrogen-bond donors (Lipinski definition) is 0. The Balaban J connectivity index is 1.53.